The lowest BCUT2D eigenvalue weighted by Gasteiger charge is -2.26. The van der Waals surface area contributed by atoms with Crippen molar-refractivity contribution in [2.75, 3.05) is 7.05 Å². The summed E-state index contributed by atoms with van der Waals surface area (Å²) < 4.78 is 45.5. The number of furan rings is 1. The highest BCUT2D eigenvalue weighted by Gasteiger charge is 2.30. The molecule has 1 unspecified atom stereocenters. The van der Waals surface area contributed by atoms with Gasteiger partial charge in [-0.15, -0.1) is 0 Å². The fraction of sp³-hybridized carbons (Fsp3) is 0.250. The Hall–Kier alpha value is -3.35. The zero-order valence-corrected chi connectivity index (χ0v) is 22.3. The lowest BCUT2D eigenvalue weighted by molar-refractivity contribution is 0.0964. The Balaban J connectivity index is 1.55. The largest absolute Gasteiger partial charge is 0.760 e. The summed E-state index contributed by atoms with van der Waals surface area (Å²) in [6.45, 7) is 1.90. The van der Waals surface area contributed by atoms with E-state index in [9.17, 15) is 28.0 Å². The highest BCUT2D eigenvalue weighted by atomic mass is 32.2. The number of amides is 1. The Morgan fingerprint density at radius 3 is 2.46 bits per heavy atom. The van der Waals surface area contributed by atoms with Crippen LogP contribution < -0.4 is 10.8 Å². The number of carbonyl (C=O) groups excluding carboxylic acids is 1. The molecule has 8 nitrogen and oxygen atoms in total. The van der Waals surface area contributed by atoms with E-state index < -0.39 is 24.2 Å². The van der Waals surface area contributed by atoms with Gasteiger partial charge in [0.05, 0.1) is 5.56 Å². The van der Waals surface area contributed by atoms with Crippen LogP contribution in [0.1, 0.15) is 51.4 Å². The molecule has 1 aromatic heterocycles. The Labute approximate surface area is 228 Å². The predicted molar refractivity (Wildman–Crippen MR) is 146 cm³/mol. The Morgan fingerprint density at radius 1 is 1.15 bits per heavy atom. The normalized spacial score (nSPS) is 14.1. The van der Waals surface area contributed by atoms with E-state index in [0.29, 0.717) is 44.4 Å². The molecule has 202 valence electrons. The molecule has 4 aromatic rings. The minimum atomic E-state index is -2.55. The van der Waals surface area contributed by atoms with E-state index in [1.807, 2.05) is 6.07 Å². The summed E-state index contributed by atoms with van der Waals surface area (Å²) in [6, 6.07) is 14.4. The number of halogens is 1. The van der Waals surface area contributed by atoms with Gasteiger partial charge < -0.3 is 24.3 Å². The maximum absolute atomic E-state index is 13.6. The molecule has 0 radical (unpaired) electrons. The van der Waals surface area contributed by atoms with Gasteiger partial charge in [-0.05, 0) is 84.2 Å². The van der Waals surface area contributed by atoms with Gasteiger partial charge in [0, 0.05) is 42.4 Å². The van der Waals surface area contributed by atoms with Crippen LogP contribution >= 0.6 is 0 Å². The molecule has 0 saturated heterocycles. The summed E-state index contributed by atoms with van der Waals surface area (Å²) in [5.74, 6) is -0.177. The maximum Gasteiger partial charge on any atom is 0.488 e. The van der Waals surface area contributed by atoms with Crippen LogP contribution in [-0.2, 0) is 24.4 Å². The van der Waals surface area contributed by atoms with Gasteiger partial charge in [-0.3, -0.25) is 9.00 Å². The third-order valence-electron chi connectivity index (χ3n) is 7.06. The van der Waals surface area contributed by atoms with Gasteiger partial charge in [0.15, 0.2) is 0 Å². The van der Waals surface area contributed by atoms with Crippen LogP contribution in [0.5, 0.6) is 0 Å². The number of rotatable bonds is 9. The first-order chi connectivity index (χ1) is 18.7. The first-order valence-corrected chi connectivity index (χ1v) is 13.6. The molecule has 3 N–H and O–H groups in total. The van der Waals surface area contributed by atoms with Crippen LogP contribution in [0, 0.1) is 12.7 Å². The fourth-order valence-electron chi connectivity index (χ4n) is 4.95. The number of carbonyl (C=O) groups is 1. The molecule has 5 rings (SSSR count). The van der Waals surface area contributed by atoms with Gasteiger partial charge in [-0.25, -0.2) is 8.70 Å². The Bertz CT molecular complexity index is 1570. The van der Waals surface area contributed by atoms with Crippen LogP contribution in [-0.4, -0.2) is 43.2 Å². The smallest absolute Gasteiger partial charge is 0.488 e. The third kappa shape index (κ3) is 5.68. The van der Waals surface area contributed by atoms with E-state index in [1.54, 1.807) is 43.3 Å². The zero-order valence-electron chi connectivity index (χ0n) is 21.4. The highest BCUT2D eigenvalue weighted by Crippen LogP contribution is 2.45. The van der Waals surface area contributed by atoms with E-state index in [0.717, 1.165) is 24.0 Å². The molecule has 1 amide bonds. The maximum atomic E-state index is 13.6. The molecule has 0 aliphatic heterocycles. The van der Waals surface area contributed by atoms with Crippen molar-refractivity contribution in [3.05, 3.63) is 88.2 Å². The average Bonchev–Trinajstić information content (AvgIpc) is 3.68. The van der Waals surface area contributed by atoms with Crippen molar-refractivity contribution < 1.29 is 32.4 Å². The SMILES string of the molecule is CNC(=O)c1c(-c2ccc(F)cc2)oc2cc(CN(Cc3ccc(B(O)O)c(C)c3)S(=O)[O-])c(C3CC3)cc12. The number of aryl methyl sites for hydroxylation is 1. The Morgan fingerprint density at radius 2 is 1.87 bits per heavy atom. The summed E-state index contributed by atoms with van der Waals surface area (Å²) in [4.78, 5) is 12.9. The van der Waals surface area contributed by atoms with Gasteiger partial charge in [0.25, 0.3) is 5.91 Å². The molecule has 1 heterocycles. The topological polar surface area (TPSA) is 126 Å². The molecule has 1 fully saturated rings. The van der Waals surface area contributed by atoms with Crippen molar-refractivity contribution in [2.45, 2.75) is 38.8 Å². The third-order valence-corrected chi connectivity index (χ3v) is 7.74. The fourth-order valence-corrected chi connectivity index (χ4v) is 5.45. The number of hydrogen-bond donors (Lipinski definition) is 3. The molecular formula is C28H27BFN2O6S-. The summed E-state index contributed by atoms with van der Waals surface area (Å²) in [5.41, 5.74) is 4.77. The van der Waals surface area contributed by atoms with E-state index in [2.05, 4.69) is 5.32 Å². The van der Waals surface area contributed by atoms with Crippen molar-refractivity contribution >= 4 is 40.7 Å². The van der Waals surface area contributed by atoms with E-state index in [1.165, 1.54) is 23.5 Å². The molecular weight excluding hydrogens is 522 g/mol. The lowest BCUT2D eigenvalue weighted by Crippen LogP contribution is -2.32. The molecule has 1 aliphatic carbocycles. The van der Waals surface area contributed by atoms with Crippen molar-refractivity contribution in [1.82, 2.24) is 9.62 Å². The molecule has 1 atom stereocenters. The number of hydrogen-bond acceptors (Lipinski definition) is 6. The van der Waals surface area contributed by atoms with Crippen LogP contribution in [0.4, 0.5) is 4.39 Å². The molecule has 1 saturated carbocycles. The van der Waals surface area contributed by atoms with Crippen LogP contribution in [0.25, 0.3) is 22.3 Å². The second kappa shape index (κ2) is 11.0. The van der Waals surface area contributed by atoms with Crippen LogP contribution in [0.3, 0.4) is 0 Å². The molecule has 3 aromatic carbocycles. The van der Waals surface area contributed by atoms with Gasteiger partial charge in [-0.1, -0.05) is 23.8 Å². The first-order valence-electron chi connectivity index (χ1n) is 12.5. The first kappa shape index (κ1) is 27.2. The minimum absolute atomic E-state index is 0.0865. The second-order valence-corrected chi connectivity index (χ2v) is 10.7. The van der Waals surface area contributed by atoms with Crippen molar-refractivity contribution in [1.29, 1.82) is 0 Å². The molecule has 0 spiro atoms. The monoisotopic (exact) mass is 549 g/mol. The van der Waals surface area contributed by atoms with Crippen LogP contribution in [0.2, 0.25) is 0 Å². The minimum Gasteiger partial charge on any atom is -0.760 e. The quantitative estimate of drug-likeness (QED) is 0.217. The molecule has 0 bridgehead atoms. The number of benzene rings is 3. The number of nitrogens with zero attached hydrogens (tertiary/aromatic N) is 1. The van der Waals surface area contributed by atoms with Gasteiger partial charge in [0.2, 0.25) is 0 Å². The standard InChI is InChI=1S/C28H28BFN2O6S/c1-16-11-17(3-10-24(16)29(34)35)14-32(39(36)37)15-20-12-25-23(13-22(20)18-4-5-18)26(28(33)31-2)27(38-25)19-6-8-21(30)9-7-19/h3,6-13,18,34-35H,4-5,14-15H2,1-2H3,(H,31,33)(H,36,37)/p-1. The van der Waals surface area contributed by atoms with Gasteiger partial charge in [0.1, 0.15) is 17.2 Å². The predicted octanol–water partition coefficient (Wildman–Crippen LogP) is 3.26. The number of nitrogens with one attached hydrogen (secondary N) is 1. The average molecular weight is 549 g/mol. The van der Waals surface area contributed by atoms with Gasteiger partial charge >= 0.3 is 7.12 Å². The summed E-state index contributed by atoms with van der Waals surface area (Å²) in [7, 11) is -0.0766. The lowest BCUT2D eigenvalue weighted by atomic mass is 9.77. The summed E-state index contributed by atoms with van der Waals surface area (Å²) >= 11 is -2.55. The van der Waals surface area contributed by atoms with Crippen LogP contribution in [0.15, 0.2) is 59.0 Å². The van der Waals surface area contributed by atoms with Crippen molar-refractivity contribution in [3.8, 4) is 11.3 Å². The van der Waals surface area contributed by atoms with Crippen molar-refractivity contribution in [3.63, 3.8) is 0 Å². The highest BCUT2D eigenvalue weighted by molar-refractivity contribution is 7.76. The van der Waals surface area contributed by atoms with Gasteiger partial charge in [-0.2, -0.15) is 0 Å². The summed E-state index contributed by atoms with van der Waals surface area (Å²) in [5, 5.41) is 22.2. The molecule has 11 heteroatoms. The Kier molecular flexibility index (Phi) is 7.70. The molecule has 1 aliphatic rings. The summed E-state index contributed by atoms with van der Waals surface area (Å²) in [6.07, 6.45) is 1.92. The zero-order chi connectivity index (χ0) is 27.8. The molecule has 39 heavy (non-hydrogen) atoms. The number of fused-ring (bicyclic) bond motifs is 1. The van der Waals surface area contributed by atoms with E-state index in [-0.39, 0.29) is 24.9 Å². The second-order valence-electron chi connectivity index (χ2n) is 9.79. The van der Waals surface area contributed by atoms with E-state index >= 15 is 0 Å². The van der Waals surface area contributed by atoms with Crippen molar-refractivity contribution in [2.24, 2.45) is 0 Å². The van der Waals surface area contributed by atoms with E-state index in [4.69, 9.17) is 4.42 Å².